The Hall–Kier alpha value is -7.60. The van der Waals surface area contributed by atoms with Gasteiger partial charge in [0.05, 0.1) is 17.1 Å². The molecule has 4 nitrogen and oxygen atoms in total. The van der Waals surface area contributed by atoms with Crippen molar-refractivity contribution < 1.29 is 0 Å². The van der Waals surface area contributed by atoms with Gasteiger partial charge >= 0.3 is 0 Å². The van der Waals surface area contributed by atoms with Gasteiger partial charge < -0.3 is 0 Å². The highest BCUT2D eigenvalue weighted by Crippen LogP contribution is 2.36. The van der Waals surface area contributed by atoms with E-state index >= 15 is 0 Å². The first-order valence-corrected chi connectivity index (χ1v) is 20.8. The molecule has 0 unspecified atom stereocenters. The fourth-order valence-electron chi connectivity index (χ4n) is 7.64. The van der Waals surface area contributed by atoms with Gasteiger partial charge in [0.2, 0.25) is 0 Å². The molecule has 0 amide bonds. The van der Waals surface area contributed by atoms with Crippen molar-refractivity contribution in [1.82, 2.24) is 9.97 Å². The van der Waals surface area contributed by atoms with Gasteiger partial charge in [-0.05, 0) is 64.7 Å². The highest BCUT2D eigenvalue weighted by molar-refractivity contribution is 7.25. The van der Waals surface area contributed by atoms with Crippen molar-refractivity contribution in [2.24, 2.45) is 9.98 Å². The fraction of sp³-hybridized carbons (Fsp3) is 0.0182. The first kappa shape index (κ1) is 36.7. The van der Waals surface area contributed by atoms with Gasteiger partial charge in [0.25, 0.3) is 0 Å². The second kappa shape index (κ2) is 16.0. The number of aliphatic imine (C=N–C) groups is 2. The van der Waals surface area contributed by atoms with Crippen molar-refractivity contribution in [3.63, 3.8) is 0 Å². The van der Waals surface area contributed by atoms with Gasteiger partial charge in [0.1, 0.15) is 0 Å². The first-order chi connectivity index (χ1) is 29.5. The molecule has 2 aromatic heterocycles. The molecule has 0 saturated heterocycles. The van der Waals surface area contributed by atoms with E-state index in [-0.39, 0.29) is 0 Å². The van der Waals surface area contributed by atoms with Crippen molar-refractivity contribution in [1.29, 1.82) is 0 Å². The molecule has 0 aliphatic heterocycles. The van der Waals surface area contributed by atoms with Crippen LogP contribution >= 0.6 is 11.3 Å². The molecule has 0 radical (unpaired) electrons. The number of thiophene rings is 1. The van der Waals surface area contributed by atoms with Crippen LogP contribution in [0, 0.1) is 0 Å². The summed E-state index contributed by atoms with van der Waals surface area (Å²) in [5.41, 5.74) is 11.2. The summed E-state index contributed by atoms with van der Waals surface area (Å²) in [6, 6.07) is 69.4. The maximum Gasteiger partial charge on any atom is 0.160 e. The zero-order chi connectivity index (χ0) is 40.4. The van der Waals surface area contributed by atoms with Gasteiger partial charge in [-0.15, -0.1) is 11.3 Å². The molecular weight excluding hydrogens is 749 g/mol. The molecule has 10 rings (SSSR count). The monoisotopic (exact) mass is 786 g/mol. The van der Waals surface area contributed by atoms with E-state index in [0.717, 1.165) is 61.4 Å². The second-order valence-corrected chi connectivity index (χ2v) is 15.9. The van der Waals surface area contributed by atoms with Gasteiger partial charge in [-0.3, -0.25) is 0 Å². The average molecular weight is 787 g/mol. The van der Waals surface area contributed by atoms with Crippen molar-refractivity contribution >= 4 is 59.5 Å². The van der Waals surface area contributed by atoms with Crippen LogP contribution in [0.3, 0.4) is 0 Å². The predicted octanol–water partition coefficient (Wildman–Crippen LogP) is 14.6. The Morgan fingerprint density at radius 1 is 0.433 bits per heavy atom. The fourth-order valence-corrected chi connectivity index (χ4v) is 8.78. The van der Waals surface area contributed by atoms with Gasteiger partial charge in [-0.25, -0.2) is 20.0 Å². The summed E-state index contributed by atoms with van der Waals surface area (Å²) in [5, 5.41) is 4.84. The molecular formula is C55H38N4S. The van der Waals surface area contributed by atoms with E-state index in [1.54, 1.807) is 11.3 Å². The summed E-state index contributed by atoms with van der Waals surface area (Å²) in [7, 11) is 0. The van der Waals surface area contributed by atoms with Crippen molar-refractivity contribution in [2.75, 3.05) is 0 Å². The lowest BCUT2D eigenvalue weighted by Gasteiger charge is -2.12. The van der Waals surface area contributed by atoms with E-state index in [1.165, 1.54) is 31.1 Å². The van der Waals surface area contributed by atoms with Crippen molar-refractivity contribution in [2.45, 2.75) is 6.92 Å². The minimum absolute atomic E-state index is 0.557. The van der Waals surface area contributed by atoms with Crippen LogP contribution in [0.2, 0.25) is 0 Å². The van der Waals surface area contributed by atoms with E-state index in [9.17, 15) is 0 Å². The van der Waals surface area contributed by atoms with Gasteiger partial charge in [0, 0.05) is 53.7 Å². The topological polar surface area (TPSA) is 50.5 Å². The molecule has 0 fully saturated rings. The molecule has 5 heteroatoms. The van der Waals surface area contributed by atoms with Gasteiger partial charge in [-0.1, -0.05) is 176 Å². The van der Waals surface area contributed by atoms with E-state index in [2.05, 4.69) is 170 Å². The number of rotatable bonds is 8. The van der Waals surface area contributed by atoms with Crippen LogP contribution < -0.4 is 0 Å². The normalized spacial score (nSPS) is 12.0. The minimum Gasteiger partial charge on any atom is -0.233 e. The van der Waals surface area contributed by atoms with Crippen LogP contribution in [0.4, 0.5) is 0 Å². The quantitative estimate of drug-likeness (QED) is 0.114. The highest BCUT2D eigenvalue weighted by Gasteiger charge is 2.15. The van der Waals surface area contributed by atoms with Crippen LogP contribution in [0.15, 0.2) is 217 Å². The Morgan fingerprint density at radius 2 is 1.05 bits per heavy atom. The SMILES string of the molecule is C=C(N=C(N=C(C)c1ccccc1)c1cccc(-c2nc(-c3ccc(-c4ccccc4)cc3)cc(-c3ccc4ccccc4c3)n2)c1)c1ccc2c(c1)sc1ccccc12. The summed E-state index contributed by atoms with van der Waals surface area (Å²) >= 11 is 1.78. The number of fused-ring (bicyclic) bond motifs is 4. The number of aromatic nitrogens is 2. The Labute approximate surface area is 353 Å². The van der Waals surface area contributed by atoms with Crippen LogP contribution in [-0.2, 0) is 0 Å². The van der Waals surface area contributed by atoms with Crippen LogP contribution in [0.1, 0.15) is 23.6 Å². The molecule has 8 aromatic carbocycles. The molecule has 0 spiro atoms. The van der Waals surface area contributed by atoms with E-state index in [0.29, 0.717) is 17.4 Å². The second-order valence-electron chi connectivity index (χ2n) is 14.8. The lowest BCUT2D eigenvalue weighted by molar-refractivity contribution is 1.18. The molecule has 0 aliphatic rings. The lowest BCUT2D eigenvalue weighted by Crippen LogP contribution is -2.05. The zero-order valence-corrected chi connectivity index (χ0v) is 33.8. The molecule has 284 valence electrons. The van der Waals surface area contributed by atoms with E-state index in [4.69, 9.17) is 20.0 Å². The first-order valence-electron chi connectivity index (χ1n) is 20.0. The van der Waals surface area contributed by atoms with Crippen LogP contribution in [-0.4, -0.2) is 21.5 Å². The number of hydrogen-bond donors (Lipinski definition) is 0. The number of hydrogen-bond acceptors (Lipinski definition) is 4. The Balaban J connectivity index is 1.08. The lowest BCUT2D eigenvalue weighted by atomic mass is 10.0. The van der Waals surface area contributed by atoms with Crippen LogP contribution in [0.25, 0.3) is 81.7 Å². The Morgan fingerprint density at radius 3 is 1.87 bits per heavy atom. The van der Waals surface area contributed by atoms with Crippen molar-refractivity contribution in [3.05, 3.63) is 223 Å². The Bertz CT molecular complexity index is 3270. The summed E-state index contributed by atoms with van der Waals surface area (Å²) in [6.07, 6.45) is 0. The molecule has 0 saturated carbocycles. The minimum atomic E-state index is 0.557. The maximum atomic E-state index is 5.23. The third kappa shape index (κ3) is 7.46. The highest BCUT2D eigenvalue weighted by atomic mass is 32.1. The summed E-state index contributed by atoms with van der Waals surface area (Å²) in [6.45, 7) is 6.49. The van der Waals surface area contributed by atoms with Gasteiger partial charge in [-0.2, -0.15) is 0 Å². The third-order valence-electron chi connectivity index (χ3n) is 10.9. The summed E-state index contributed by atoms with van der Waals surface area (Å²) in [4.78, 5) is 20.8. The largest absolute Gasteiger partial charge is 0.233 e. The summed E-state index contributed by atoms with van der Waals surface area (Å²) < 4.78 is 2.46. The molecule has 0 N–H and O–H groups in total. The molecule has 60 heavy (non-hydrogen) atoms. The van der Waals surface area contributed by atoms with E-state index in [1.807, 2.05) is 43.3 Å². The molecule has 2 heterocycles. The molecule has 0 aliphatic carbocycles. The van der Waals surface area contributed by atoms with Crippen LogP contribution in [0.5, 0.6) is 0 Å². The smallest absolute Gasteiger partial charge is 0.160 e. The Kier molecular flexibility index (Phi) is 9.78. The van der Waals surface area contributed by atoms with Gasteiger partial charge in [0.15, 0.2) is 11.7 Å². The maximum absolute atomic E-state index is 5.23. The molecule has 10 aromatic rings. The van der Waals surface area contributed by atoms with Crippen molar-refractivity contribution in [3.8, 4) is 45.0 Å². The standard InChI is InChI=1S/C55H38N4S/c1-36(38-14-5-3-6-15-38)56-54(57-37(2)43-30-31-49-48-22-11-12-23-52(48)60-53(49)34-43)46-20-13-21-47(33-46)55-58-50(42-27-24-41(25-28-42)39-16-7-4-8-17-39)35-51(59-55)45-29-26-40-18-9-10-19-44(40)32-45/h3-35H,2H2,1H3. The molecule has 0 atom stereocenters. The average Bonchev–Trinajstić information content (AvgIpc) is 3.70. The molecule has 0 bridgehead atoms. The third-order valence-corrected chi connectivity index (χ3v) is 12.0. The summed E-state index contributed by atoms with van der Waals surface area (Å²) in [5.74, 6) is 1.17. The van der Waals surface area contributed by atoms with E-state index < -0.39 is 0 Å². The number of amidine groups is 1. The number of nitrogens with zero attached hydrogens (tertiary/aromatic N) is 4. The predicted molar refractivity (Wildman–Crippen MR) is 255 cm³/mol. The number of benzene rings is 8. The zero-order valence-electron chi connectivity index (χ0n) is 33.0.